The van der Waals surface area contributed by atoms with Crippen molar-refractivity contribution in [2.24, 2.45) is 0 Å². The summed E-state index contributed by atoms with van der Waals surface area (Å²) in [5.74, 6) is -0.482. The monoisotopic (exact) mass is 315 g/mol. The Bertz CT molecular complexity index is 601. The predicted molar refractivity (Wildman–Crippen MR) is 81.6 cm³/mol. The van der Waals surface area contributed by atoms with E-state index >= 15 is 0 Å². The number of aromatic hydroxyl groups is 1. The standard InChI is InChI=1S/C13H21N3O4S/c1-3-16(21(2,19)20)8-4-7-15-13(18)10-5-6-11(14)12(17)9-10/h5-6,9,17H,3-4,7-8,14H2,1-2H3,(H,15,18). The number of amides is 1. The van der Waals surface area contributed by atoms with Gasteiger partial charge in [-0.05, 0) is 24.6 Å². The molecule has 0 saturated carbocycles. The van der Waals surface area contributed by atoms with Crippen LogP contribution in [-0.4, -0.2) is 49.6 Å². The highest BCUT2D eigenvalue weighted by Gasteiger charge is 2.13. The molecule has 1 rings (SSSR count). The van der Waals surface area contributed by atoms with Gasteiger partial charge < -0.3 is 16.2 Å². The Kier molecular flexibility index (Phi) is 5.98. The van der Waals surface area contributed by atoms with Crippen molar-refractivity contribution in [2.45, 2.75) is 13.3 Å². The van der Waals surface area contributed by atoms with Crippen molar-refractivity contribution in [3.8, 4) is 5.75 Å². The number of phenolic OH excluding ortho intramolecular Hbond substituents is 1. The first-order chi connectivity index (χ1) is 9.75. The number of nitrogens with two attached hydrogens (primary N) is 1. The van der Waals surface area contributed by atoms with Gasteiger partial charge in [0.2, 0.25) is 10.0 Å². The molecule has 1 amide bonds. The molecule has 0 heterocycles. The van der Waals surface area contributed by atoms with Crippen molar-refractivity contribution < 1.29 is 18.3 Å². The van der Waals surface area contributed by atoms with Crippen LogP contribution in [0.4, 0.5) is 5.69 Å². The molecule has 0 radical (unpaired) electrons. The number of nitrogens with one attached hydrogen (secondary N) is 1. The van der Waals surface area contributed by atoms with E-state index in [1.54, 1.807) is 6.92 Å². The molecular formula is C13H21N3O4S. The van der Waals surface area contributed by atoms with E-state index in [0.717, 1.165) is 6.26 Å². The molecule has 4 N–H and O–H groups in total. The van der Waals surface area contributed by atoms with E-state index in [0.29, 0.717) is 31.6 Å². The zero-order chi connectivity index (χ0) is 16.0. The third kappa shape index (κ3) is 5.24. The number of nitrogen functional groups attached to an aromatic ring is 1. The first-order valence-electron chi connectivity index (χ1n) is 6.57. The van der Waals surface area contributed by atoms with Crippen LogP contribution >= 0.6 is 0 Å². The number of sulfonamides is 1. The van der Waals surface area contributed by atoms with E-state index < -0.39 is 10.0 Å². The molecule has 118 valence electrons. The smallest absolute Gasteiger partial charge is 0.251 e. The summed E-state index contributed by atoms with van der Waals surface area (Å²) in [6.45, 7) is 2.86. The lowest BCUT2D eigenvalue weighted by Crippen LogP contribution is -2.33. The zero-order valence-electron chi connectivity index (χ0n) is 12.2. The summed E-state index contributed by atoms with van der Waals surface area (Å²) < 4.78 is 24.1. The molecular weight excluding hydrogens is 294 g/mol. The van der Waals surface area contributed by atoms with Gasteiger partial charge in [0.05, 0.1) is 11.9 Å². The third-order valence-electron chi connectivity index (χ3n) is 2.98. The number of benzene rings is 1. The number of phenols is 1. The van der Waals surface area contributed by atoms with Gasteiger partial charge in [0.25, 0.3) is 5.91 Å². The Hall–Kier alpha value is -1.80. The summed E-state index contributed by atoms with van der Waals surface area (Å²) in [6.07, 6.45) is 1.67. The lowest BCUT2D eigenvalue weighted by molar-refractivity contribution is 0.0952. The topological polar surface area (TPSA) is 113 Å². The Morgan fingerprint density at radius 2 is 2.10 bits per heavy atom. The molecule has 0 aliphatic rings. The SMILES string of the molecule is CCN(CCCNC(=O)c1ccc(N)c(O)c1)S(C)(=O)=O. The maximum absolute atomic E-state index is 11.8. The van der Waals surface area contributed by atoms with E-state index in [2.05, 4.69) is 5.32 Å². The first-order valence-corrected chi connectivity index (χ1v) is 8.42. The molecule has 21 heavy (non-hydrogen) atoms. The zero-order valence-corrected chi connectivity index (χ0v) is 13.0. The highest BCUT2D eigenvalue weighted by molar-refractivity contribution is 7.88. The van der Waals surface area contributed by atoms with Crippen molar-refractivity contribution in [2.75, 3.05) is 31.6 Å². The van der Waals surface area contributed by atoms with Gasteiger partial charge in [0, 0.05) is 25.2 Å². The molecule has 0 saturated heterocycles. The van der Waals surface area contributed by atoms with Crippen LogP contribution in [0.2, 0.25) is 0 Å². The molecule has 1 aromatic carbocycles. The number of hydrogen-bond acceptors (Lipinski definition) is 5. The van der Waals surface area contributed by atoms with Crippen molar-refractivity contribution in [3.63, 3.8) is 0 Å². The largest absolute Gasteiger partial charge is 0.506 e. The first kappa shape index (κ1) is 17.3. The quantitative estimate of drug-likeness (QED) is 0.382. The minimum atomic E-state index is -3.20. The highest BCUT2D eigenvalue weighted by Crippen LogP contribution is 2.20. The number of nitrogens with zero attached hydrogens (tertiary/aromatic N) is 1. The third-order valence-corrected chi connectivity index (χ3v) is 4.36. The van der Waals surface area contributed by atoms with Crippen LogP contribution in [0.15, 0.2) is 18.2 Å². The Labute approximate surface area is 124 Å². The lowest BCUT2D eigenvalue weighted by atomic mass is 10.2. The molecule has 0 bridgehead atoms. The Morgan fingerprint density at radius 3 is 2.62 bits per heavy atom. The van der Waals surface area contributed by atoms with Crippen molar-refractivity contribution in [1.82, 2.24) is 9.62 Å². The van der Waals surface area contributed by atoms with E-state index in [4.69, 9.17) is 5.73 Å². The number of carbonyl (C=O) groups excluding carboxylic acids is 1. The molecule has 8 heteroatoms. The van der Waals surface area contributed by atoms with E-state index in [1.807, 2.05) is 0 Å². The lowest BCUT2D eigenvalue weighted by Gasteiger charge is -2.17. The van der Waals surface area contributed by atoms with Gasteiger partial charge in [-0.3, -0.25) is 4.79 Å². The number of anilines is 1. The van der Waals surface area contributed by atoms with Gasteiger partial charge in [-0.15, -0.1) is 0 Å². The normalized spacial score (nSPS) is 11.6. The molecule has 7 nitrogen and oxygen atoms in total. The van der Waals surface area contributed by atoms with Crippen LogP contribution in [-0.2, 0) is 10.0 Å². The molecule has 1 aromatic rings. The maximum atomic E-state index is 11.8. The minimum Gasteiger partial charge on any atom is -0.506 e. The van der Waals surface area contributed by atoms with Gasteiger partial charge in [-0.2, -0.15) is 0 Å². The van der Waals surface area contributed by atoms with Gasteiger partial charge in [-0.25, -0.2) is 12.7 Å². The molecule has 0 aliphatic carbocycles. The fourth-order valence-electron chi connectivity index (χ4n) is 1.80. The summed E-state index contributed by atoms with van der Waals surface area (Å²) in [7, 11) is -3.20. The van der Waals surface area contributed by atoms with Crippen LogP contribution in [0.3, 0.4) is 0 Å². The average molecular weight is 315 g/mol. The fourth-order valence-corrected chi connectivity index (χ4v) is 2.73. The van der Waals surface area contributed by atoms with Crippen molar-refractivity contribution >= 4 is 21.6 Å². The summed E-state index contributed by atoms with van der Waals surface area (Å²) >= 11 is 0. The van der Waals surface area contributed by atoms with Gasteiger partial charge in [-0.1, -0.05) is 6.92 Å². The minimum absolute atomic E-state index is 0.142. The highest BCUT2D eigenvalue weighted by atomic mass is 32.2. The number of rotatable bonds is 7. The van der Waals surface area contributed by atoms with Gasteiger partial charge in [0.1, 0.15) is 5.75 Å². The fraction of sp³-hybridized carbons (Fsp3) is 0.462. The molecule has 0 aliphatic heterocycles. The Morgan fingerprint density at radius 1 is 1.43 bits per heavy atom. The molecule has 0 aromatic heterocycles. The van der Waals surface area contributed by atoms with Crippen LogP contribution in [0.5, 0.6) is 5.75 Å². The van der Waals surface area contributed by atoms with Gasteiger partial charge in [0.15, 0.2) is 0 Å². The summed E-state index contributed by atoms with van der Waals surface area (Å²) in [5.41, 5.74) is 5.97. The average Bonchev–Trinajstić information content (AvgIpc) is 2.40. The second-order valence-electron chi connectivity index (χ2n) is 4.64. The van der Waals surface area contributed by atoms with Crippen LogP contribution < -0.4 is 11.1 Å². The molecule has 0 atom stereocenters. The number of hydrogen-bond donors (Lipinski definition) is 3. The van der Waals surface area contributed by atoms with E-state index in [-0.39, 0.29) is 17.3 Å². The maximum Gasteiger partial charge on any atom is 0.251 e. The summed E-state index contributed by atoms with van der Waals surface area (Å²) in [6, 6.07) is 4.26. The second kappa shape index (κ2) is 7.28. The van der Waals surface area contributed by atoms with E-state index in [1.165, 1.54) is 22.5 Å². The molecule has 0 spiro atoms. The van der Waals surface area contributed by atoms with Crippen LogP contribution in [0, 0.1) is 0 Å². The molecule has 0 unspecified atom stereocenters. The summed E-state index contributed by atoms with van der Waals surface area (Å²) in [5, 5.41) is 12.1. The summed E-state index contributed by atoms with van der Waals surface area (Å²) in [4.78, 5) is 11.8. The second-order valence-corrected chi connectivity index (χ2v) is 6.62. The van der Waals surface area contributed by atoms with E-state index in [9.17, 15) is 18.3 Å². The van der Waals surface area contributed by atoms with Crippen molar-refractivity contribution in [1.29, 1.82) is 0 Å². The predicted octanol–water partition coefficient (Wildman–Crippen LogP) is 0.376. The Balaban J connectivity index is 2.45. The van der Waals surface area contributed by atoms with Crippen molar-refractivity contribution in [3.05, 3.63) is 23.8 Å². The van der Waals surface area contributed by atoms with Gasteiger partial charge >= 0.3 is 0 Å². The molecule has 0 fully saturated rings. The number of carbonyl (C=O) groups is 1. The van der Waals surface area contributed by atoms with Crippen LogP contribution in [0.25, 0.3) is 0 Å². The van der Waals surface area contributed by atoms with Crippen LogP contribution in [0.1, 0.15) is 23.7 Å².